The molecule has 0 aliphatic carbocycles. The third-order valence-corrected chi connectivity index (χ3v) is 14.2. The lowest BCUT2D eigenvalue weighted by molar-refractivity contribution is 1.12. The molecule has 0 fully saturated rings. The van der Waals surface area contributed by atoms with Crippen LogP contribution in [0.5, 0.6) is 0 Å². The van der Waals surface area contributed by atoms with Gasteiger partial charge in [0.05, 0.1) is 78.8 Å². The highest BCUT2D eigenvalue weighted by Gasteiger charge is 2.28. The second-order valence-electron chi connectivity index (χ2n) is 18.0. The Morgan fingerprint density at radius 1 is 0.319 bits per heavy atom. The second kappa shape index (κ2) is 14.7. The average molecular weight is 879 g/mol. The molecule has 0 aliphatic rings. The summed E-state index contributed by atoms with van der Waals surface area (Å²) in [4.78, 5) is 0. The predicted molar refractivity (Wildman–Crippen MR) is 283 cm³/mol. The molecule has 14 aromatic rings. The van der Waals surface area contributed by atoms with Gasteiger partial charge >= 0.3 is 0 Å². The molecule has 69 heavy (non-hydrogen) atoms. The summed E-state index contributed by atoms with van der Waals surface area (Å²) in [6.07, 6.45) is 0. The fraction of sp³-hybridized carbons (Fsp3) is 0.0159. The number of nitriles is 2. The number of hydrogen-bond donors (Lipinski definition) is 0. The van der Waals surface area contributed by atoms with E-state index in [1.54, 1.807) is 0 Å². The molecule has 0 aliphatic heterocycles. The van der Waals surface area contributed by atoms with Gasteiger partial charge in [-0.25, -0.2) is 0 Å². The molecular weight excluding hydrogens is 841 g/mol. The quantitative estimate of drug-likeness (QED) is 0.173. The van der Waals surface area contributed by atoms with Crippen molar-refractivity contribution in [1.82, 2.24) is 18.3 Å². The molecule has 10 aromatic carbocycles. The van der Waals surface area contributed by atoms with Gasteiger partial charge in [-0.3, -0.25) is 0 Å². The molecule has 6 heteroatoms. The summed E-state index contributed by atoms with van der Waals surface area (Å²) < 4.78 is 9.57. The first-order valence-corrected chi connectivity index (χ1v) is 23.2. The number of fused-ring (bicyclic) bond motifs is 14. The van der Waals surface area contributed by atoms with Gasteiger partial charge in [0.15, 0.2) is 0 Å². The lowest BCUT2D eigenvalue weighted by Gasteiger charge is -2.22. The number of hydrogen-bond acceptors (Lipinski definition) is 2. The van der Waals surface area contributed by atoms with Gasteiger partial charge in [0.1, 0.15) is 0 Å². The van der Waals surface area contributed by atoms with E-state index in [4.69, 9.17) is 0 Å². The third-order valence-electron chi connectivity index (χ3n) is 14.2. The summed E-state index contributed by atoms with van der Waals surface area (Å²) >= 11 is 0. The highest BCUT2D eigenvalue weighted by atomic mass is 15.1. The van der Waals surface area contributed by atoms with Gasteiger partial charge in [-0.05, 0) is 90.8 Å². The Bertz CT molecular complexity index is 4310. The van der Waals surface area contributed by atoms with Crippen LogP contribution < -0.4 is 0 Å². The van der Waals surface area contributed by atoms with Crippen LogP contribution in [0.3, 0.4) is 0 Å². The molecule has 0 saturated heterocycles. The molecule has 0 spiro atoms. The topological polar surface area (TPSA) is 67.3 Å². The number of para-hydroxylation sites is 6. The van der Waals surface area contributed by atoms with E-state index in [0.717, 1.165) is 127 Å². The lowest BCUT2D eigenvalue weighted by Crippen LogP contribution is -2.06. The molecule has 0 bridgehead atoms. The first-order chi connectivity index (χ1) is 34.1. The number of benzene rings is 10. The molecular formula is C63H38N6. The Balaban J connectivity index is 1.24. The Kier molecular flexibility index (Phi) is 8.23. The van der Waals surface area contributed by atoms with Crippen LogP contribution in [0.4, 0.5) is 0 Å². The fourth-order valence-corrected chi connectivity index (χ4v) is 11.5. The summed E-state index contributed by atoms with van der Waals surface area (Å²) in [5.74, 6) is 0. The van der Waals surface area contributed by atoms with Gasteiger partial charge in [-0.1, -0.05) is 140 Å². The van der Waals surface area contributed by atoms with Gasteiger partial charge in [0.25, 0.3) is 0 Å². The molecule has 4 aromatic heterocycles. The van der Waals surface area contributed by atoms with Crippen molar-refractivity contribution in [1.29, 1.82) is 10.5 Å². The van der Waals surface area contributed by atoms with Crippen LogP contribution in [0.25, 0.3) is 121 Å². The van der Waals surface area contributed by atoms with Crippen molar-refractivity contribution in [3.63, 3.8) is 0 Å². The van der Waals surface area contributed by atoms with Crippen molar-refractivity contribution >= 4 is 87.2 Å². The zero-order valence-corrected chi connectivity index (χ0v) is 37.4. The minimum Gasteiger partial charge on any atom is -0.307 e. The molecule has 0 N–H and O–H groups in total. The van der Waals surface area contributed by atoms with Crippen LogP contribution in [0.2, 0.25) is 0 Å². The monoisotopic (exact) mass is 878 g/mol. The molecule has 0 radical (unpaired) electrons. The number of aryl methyl sites for hydroxylation is 1. The van der Waals surface area contributed by atoms with Gasteiger partial charge < -0.3 is 18.3 Å². The first kappa shape index (κ1) is 38.6. The number of rotatable bonds is 5. The maximum atomic E-state index is 11.3. The summed E-state index contributed by atoms with van der Waals surface area (Å²) in [6, 6.07) is 80.1. The predicted octanol–water partition coefficient (Wildman–Crippen LogP) is 15.8. The van der Waals surface area contributed by atoms with Crippen molar-refractivity contribution in [3.05, 3.63) is 229 Å². The molecule has 14 rings (SSSR count). The van der Waals surface area contributed by atoms with Gasteiger partial charge in [-0.15, -0.1) is 0 Å². The second-order valence-corrected chi connectivity index (χ2v) is 18.0. The molecule has 0 unspecified atom stereocenters. The molecule has 0 atom stereocenters. The zero-order chi connectivity index (χ0) is 45.9. The molecule has 0 saturated carbocycles. The highest BCUT2D eigenvalue weighted by molar-refractivity contribution is 6.26. The normalized spacial score (nSPS) is 11.8. The van der Waals surface area contributed by atoms with Crippen LogP contribution in [-0.2, 0) is 0 Å². The summed E-state index contributed by atoms with van der Waals surface area (Å²) in [5.41, 5.74) is 16.0. The number of aromatic nitrogens is 4. The highest BCUT2D eigenvalue weighted by Crippen LogP contribution is 2.48. The summed E-state index contributed by atoms with van der Waals surface area (Å²) in [7, 11) is 0. The molecule has 6 nitrogen and oxygen atoms in total. The van der Waals surface area contributed by atoms with Crippen LogP contribution in [0, 0.1) is 29.6 Å². The van der Waals surface area contributed by atoms with E-state index in [1.807, 2.05) is 12.1 Å². The minimum absolute atomic E-state index is 0.514. The van der Waals surface area contributed by atoms with Gasteiger partial charge in [0.2, 0.25) is 0 Å². The standard InChI is InChI=1S/C63H38N6/c1-39-32-40(37-64)34-42(33-39)59-57(68-55-26-14-10-22-47(55)51-30-28-49-45-20-8-12-24-53(45)66(60(49)62(51)68)43-16-4-2-5-17-43)35-41(38-65)36-58(59)69-56-27-15-11-23-48(56)52-31-29-50-46-21-9-13-25-54(46)67(61(50)63(52)69)44-18-6-3-7-19-44/h2-36H,1H3. The van der Waals surface area contributed by atoms with Crippen molar-refractivity contribution in [2.24, 2.45) is 0 Å². The van der Waals surface area contributed by atoms with E-state index in [2.05, 4.69) is 238 Å². The zero-order valence-electron chi connectivity index (χ0n) is 37.4. The largest absolute Gasteiger partial charge is 0.307 e. The van der Waals surface area contributed by atoms with Gasteiger partial charge in [-0.2, -0.15) is 10.5 Å². The maximum Gasteiger partial charge on any atom is 0.0993 e. The molecule has 0 amide bonds. The van der Waals surface area contributed by atoms with E-state index >= 15 is 0 Å². The lowest BCUT2D eigenvalue weighted by atomic mass is 9.95. The van der Waals surface area contributed by atoms with Crippen LogP contribution >= 0.6 is 0 Å². The first-order valence-electron chi connectivity index (χ1n) is 23.2. The van der Waals surface area contributed by atoms with Crippen molar-refractivity contribution in [2.75, 3.05) is 0 Å². The van der Waals surface area contributed by atoms with Crippen LogP contribution in [0.1, 0.15) is 16.7 Å². The molecule has 320 valence electrons. The molecule has 4 heterocycles. The van der Waals surface area contributed by atoms with Crippen molar-refractivity contribution in [3.8, 4) is 46.0 Å². The minimum atomic E-state index is 0.514. The fourth-order valence-electron chi connectivity index (χ4n) is 11.5. The van der Waals surface area contributed by atoms with E-state index in [1.165, 1.54) is 0 Å². The van der Waals surface area contributed by atoms with E-state index in [0.29, 0.717) is 11.1 Å². The summed E-state index contributed by atoms with van der Waals surface area (Å²) in [6.45, 7) is 2.05. The smallest absolute Gasteiger partial charge is 0.0993 e. The Labute approximate surface area is 396 Å². The SMILES string of the molecule is Cc1cc(C#N)cc(-c2c(-n3c4ccccc4c4ccc5c6ccccc6n(-c6ccccc6)c5c43)cc(C#N)cc2-n2c3ccccc3c3ccc4c5ccccc5n(-c5ccccc5)c4c32)c1. The Hall–Kier alpha value is -9.62. The van der Waals surface area contributed by atoms with E-state index in [-0.39, 0.29) is 0 Å². The van der Waals surface area contributed by atoms with Crippen molar-refractivity contribution < 1.29 is 0 Å². The summed E-state index contributed by atoms with van der Waals surface area (Å²) in [5, 5.41) is 30.9. The van der Waals surface area contributed by atoms with E-state index < -0.39 is 0 Å². The van der Waals surface area contributed by atoms with Crippen LogP contribution in [0.15, 0.2) is 212 Å². The average Bonchev–Trinajstić information content (AvgIpc) is 4.14. The van der Waals surface area contributed by atoms with Crippen LogP contribution in [-0.4, -0.2) is 18.3 Å². The Morgan fingerprint density at radius 2 is 0.652 bits per heavy atom. The number of nitrogens with zero attached hydrogens (tertiary/aromatic N) is 6. The van der Waals surface area contributed by atoms with Gasteiger partial charge in [0, 0.05) is 60.0 Å². The Morgan fingerprint density at radius 3 is 1.04 bits per heavy atom. The maximum absolute atomic E-state index is 11.3. The third kappa shape index (κ3) is 5.46. The van der Waals surface area contributed by atoms with E-state index in [9.17, 15) is 10.5 Å². The van der Waals surface area contributed by atoms with Crippen molar-refractivity contribution in [2.45, 2.75) is 6.92 Å².